The van der Waals surface area contributed by atoms with Crippen LogP contribution in [0.4, 0.5) is 0 Å². The highest BCUT2D eigenvalue weighted by Crippen LogP contribution is 2.31. The van der Waals surface area contributed by atoms with Gasteiger partial charge >= 0.3 is 5.97 Å². The highest BCUT2D eigenvalue weighted by atomic mass is 16.4. The average molecular weight is 458 g/mol. The lowest BCUT2D eigenvalue weighted by atomic mass is 9.78. The fourth-order valence-corrected chi connectivity index (χ4v) is 4.40. The van der Waals surface area contributed by atoms with Gasteiger partial charge in [0.1, 0.15) is 5.54 Å². The lowest BCUT2D eigenvalue weighted by molar-refractivity contribution is -0.153. The summed E-state index contributed by atoms with van der Waals surface area (Å²) in [6.45, 7) is 4.62. The highest BCUT2D eigenvalue weighted by molar-refractivity contribution is 5.78. The molecule has 0 aromatic carbocycles. The number of carboxylic acids is 1. The van der Waals surface area contributed by atoms with Crippen molar-refractivity contribution in [3.8, 4) is 0 Å². The lowest BCUT2D eigenvalue weighted by Gasteiger charge is -2.39. The van der Waals surface area contributed by atoms with Crippen LogP contribution in [0.1, 0.15) is 117 Å². The molecule has 0 spiro atoms. The van der Waals surface area contributed by atoms with E-state index in [0.717, 1.165) is 19.3 Å². The Morgan fingerprint density at radius 3 is 1.66 bits per heavy atom. The maximum absolute atomic E-state index is 12.0. The van der Waals surface area contributed by atoms with E-state index in [1.807, 2.05) is 25.9 Å². The van der Waals surface area contributed by atoms with Crippen molar-refractivity contribution in [1.29, 1.82) is 5.41 Å². The van der Waals surface area contributed by atoms with E-state index in [1.165, 1.54) is 77.0 Å². The van der Waals surface area contributed by atoms with Gasteiger partial charge < -0.3 is 22.3 Å². The predicted octanol–water partition coefficient (Wildman–Crippen LogP) is 5.91. The van der Waals surface area contributed by atoms with Crippen molar-refractivity contribution in [1.82, 2.24) is 16.4 Å². The summed E-state index contributed by atoms with van der Waals surface area (Å²) >= 11 is 0. The standard InChI is InChI=1S/C25H52N4O2.H3N/c1-5-6-7-8-9-10-11-12-13-14-15-16-17-18-19-22(20-21-28-24(26)27)25(2,23(30)31)29(3)4;/h22H,5-21H2,1-4H3,(H,30,31)(H4,26,27,28);1H3. The first kappa shape index (κ1) is 32.8. The van der Waals surface area contributed by atoms with Gasteiger partial charge in [0.05, 0.1) is 0 Å². The monoisotopic (exact) mass is 457 g/mol. The van der Waals surface area contributed by atoms with Crippen LogP contribution in [0.2, 0.25) is 0 Å². The highest BCUT2D eigenvalue weighted by Gasteiger charge is 2.42. The van der Waals surface area contributed by atoms with Gasteiger partial charge in [-0.2, -0.15) is 0 Å². The van der Waals surface area contributed by atoms with Gasteiger partial charge in [-0.05, 0) is 39.8 Å². The van der Waals surface area contributed by atoms with E-state index in [4.69, 9.17) is 11.1 Å². The van der Waals surface area contributed by atoms with Crippen molar-refractivity contribution in [2.45, 2.75) is 122 Å². The number of hydrogen-bond donors (Lipinski definition) is 5. The van der Waals surface area contributed by atoms with Crippen LogP contribution in [0, 0.1) is 11.3 Å². The first-order valence-corrected chi connectivity index (χ1v) is 12.8. The largest absolute Gasteiger partial charge is 0.480 e. The maximum Gasteiger partial charge on any atom is 0.324 e. The van der Waals surface area contributed by atoms with Crippen LogP contribution in [0.3, 0.4) is 0 Å². The molecule has 0 saturated heterocycles. The molecule has 0 radical (unpaired) electrons. The van der Waals surface area contributed by atoms with Crippen molar-refractivity contribution in [2.24, 2.45) is 11.7 Å². The summed E-state index contributed by atoms with van der Waals surface area (Å²) < 4.78 is 0. The topological polar surface area (TPSA) is 137 Å². The van der Waals surface area contributed by atoms with Gasteiger partial charge in [0.25, 0.3) is 0 Å². The molecule has 7 nitrogen and oxygen atoms in total. The van der Waals surface area contributed by atoms with E-state index in [0.29, 0.717) is 13.0 Å². The Hall–Kier alpha value is -1.34. The minimum Gasteiger partial charge on any atom is -0.480 e. The number of unbranched alkanes of at least 4 members (excludes halogenated alkanes) is 13. The Morgan fingerprint density at radius 2 is 1.31 bits per heavy atom. The minimum atomic E-state index is -0.908. The van der Waals surface area contributed by atoms with Crippen LogP contribution < -0.4 is 17.2 Å². The number of aliphatic carboxylic acids is 1. The molecule has 32 heavy (non-hydrogen) atoms. The lowest BCUT2D eigenvalue weighted by Crippen LogP contribution is -2.55. The summed E-state index contributed by atoms with van der Waals surface area (Å²) in [7, 11) is 3.68. The van der Waals surface area contributed by atoms with E-state index < -0.39 is 11.5 Å². The quantitative estimate of drug-likeness (QED) is 0.0824. The predicted molar refractivity (Wildman–Crippen MR) is 138 cm³/mol. The number of likely N-dealkylation sites (N-methyl/N-ethyl adjacent to an activating group) is 1. The molecule has 7 heteroatoms. The van der Waals surface area contributed by atoms with Gasteiger partial charge in [-0.25, -0.2) is 0 Å². The summed E-state index contributed by atoms with van der Waals surface area (Å²) in [5, 5.41) is 20.0. The summed E-state index contributed by atoms with van der Waals surface area (Å²) in [5.74, 6) is -0.822. The average Bonchev–Trinajstić information content (AvgIpc) is 2.71. The third-order valence-corrected chi connectivity index (χ3v) is 6.87. The van der Waals surface area contributed by atoms with E-state index in [1.54, 1.807) is 0 Å². The SMILES string of the molecule is CCCCCCCCCCCCCCCCC(CCNC(=N)N)C(C)(C(=O)O)N(C)C.N. The van der Waals surface area contributed by atoms with Crippen LogP contribution in [0.15, 0.2) is 0 Å². The van der Waals surface area contributed by atoms with Crippen molar-refractivity contribution in [3.63, 3.8) is 0 Å². The smallest absolute Gasteiger partial charge is 0.324 e. The fraction of sp³-hybridized carbons (Fsp3) is 0.920. The number of nitrogens with one attached hydrogen (secondary N) is 2. The minimum absolute atomic E-state index is 0. The van der Waals surface area contributed by atoms with E-state index in [2.05, 4.69) is 12.2 Å². The normalized spacial score (nSPS) is 13.9. The molecule has 0 aromatic rings. The number of nitrogens with two attached hydrogens (primary N) is 1. The van der Waals surface area contributed by atoms with Crippen molar-refractivity contribution >= 4 is 11.9 Å². The Kier molecular flexibility index (Phi) is 20.8. The number of carboxylic acid groups (broad SMARTS) is 1. The Labute approximate surface area is 198 Å². The Morgan fingerprint density at radius 1 is 0.906 bits per heavy atom. The molecular formula is C25H55N5O2. The molecule has 8 N–H and O–H groups in total. The second kappa shape index (κ2) is 20.3. The molecule has 0 rings (SSSR count). The molecule has 0 aromatic heterocycles. The molecule has 0 fully saturated rings. The van der Waals surface area contributed by atoms with Crippen molar-refractivity contribution in [2.75, 3.05) is 20.6 Å². The van der Waals surface area contributed by atoms with Crippen LogP contribution in [0.5, 0.6) is 0 Å². The van der Waals surface area contributed by atoms with Gasteiger partial charge in [0, 0.05) is 6.54 Å². The number of rotatable bonds is 21. The van der Waals surface area contributed by atoms with Crippen LogP contribution in [-0.4, -0.2) is 48.1 Å². The third kappa shape index (κ3) is 14.7. The zero-order valence-corrected chi connectivity index (χ0v) is 21.7. The van der Waals surface area contributed by atoms with E-state index >= 15 is 0 Å². The Balaban J connectivity index is 0. The van der Waals surface area contributed by atoms with E-state index in [-0.39, 0.29) is 18.0 Å². The summed E-state index contributed by atoms with van der Waals surface area (Å²) in [4.78, 5) is 13.8. The molecule has 0 aliphatic rings. The molecular weight excluding hydrogens is 402 g/mol. The summed E-state index contributed by atoms with van der Waals surface area (Å²) in [6.07, 6.45) is 20.1. The molecule has 0 aliphatic heterocycles. The number of nitrogens with zero attached hydrogens (tertiary/aromatic N) is 1. The van der Waals surface area contributed by atoms with Gasteiger partial charge in [-0.3, -0.25) is 15.1 Å². The molecule has 0 heterocycles. The number of hydrogen-bond acceptors (Lipinski definition) is 4. The maximum atomic E-state index is 12.0. The second-order valence-electron chi connectivity index (χ2n) is 9.56. The summed E-state index contributed by atoms with van der Waals surface area (Å²) in [6, 6.07) is 0. The van der Waals surface area contributed by atoms with Gasteiger partial charge in [0.15, 0.2) is 5.96 Å². The Bertz CT molecular complexity index is 473. The first-order valence-electron chi connectivity index (χ1n) is 12.8. The number of guanidine groups is 1. The molecule has 0 aliphatic carbocycles. The molecule has 0 amide bonds. The van der Waals surface area contributed by atoms with Crippen LogP contribution in [0.25, 0.3) is 0 Å². The zero-order valence-electron chi connectivity index (χ0n) is 21.7. The number of carbonyl (C=O) groups is 1. The second-order valence-corrected chi connectivity index (χ2v) is 9.56. The van der Waals surface area contributed by atoms with Gasteiger partial charge in [-0.1, -0.05) is 96.8 Å². The molecule has 2 unspecified atom stereocenters. The van der Waals surface area contributed by atoms with Gasteiger partial charge in [-0.15, -0.1) is 0 Å². The fourth-order valence-electron chi connectivity index (χ4n) is 4.40. The van der Waals surface area contributed by atoms with E-state index in [9.17, 15) is 9.90 Å². The molecule has 0 saturated carbocycles. The summed E-state index contributed by atoms with van der Waals surface area (Å²) in [5.41, 5.74) is 4.48. The zero-order chi connectivity index (χ0) is 23.5. The van der Waals surface area contributed by atoms with Crippen molar-refractivity contribution in [3.05, 3.63) is 0 Å². The van der Waals surface area contributed by atoms with Crippen molar-refractivity contribution < 1.29 is 9.90 Å². The first-order chi connectivity index (χ1) is 14.8. The van der Waals surface area contributed by atoms with Crippen LogP contribution >= 0.6 is 0 Å². The molecule has 2 atom stereocenters. The molecule has 0 bridgehead atoms. The van der Waals surface area contributed by atoms with Gasteiger partial charge in [0.2, 0.25) is 0 Å². The van der Waals surface area contributed by atoms with Crippen LogP contribution in [-0.2, 0) is 4.79 Å². The molecule has 192 valence electrons. The third-order valence-electron chi connectivity index (χ3n) is 6.87.